The number of aromatic hydroxyl groups is 2. The lowest BCUT2D eigenvalue weighted by Gasteiger charge is -2.34. The van der Waals surface area contributed by atoms with Crippen LogP contribution in [0.15, 0.2) is 42.5 Å². The molecule has 138 valence electrons. The number of hydrogen-bond donors (Lipinski definition) is 2. The van der Waals surface area contributed by atoms with E-state index in [0.29, 0.717) is 31.7 Å². The molecule has 0 unspecified atom stereocenters. The third-order valence-electron chi connectivity index (χ3n) is 4.63. The summed E-state index contributed by atoms with van der Waals surface area (Å²) in [5.41, 5.74) is 1.22. The van der Waals surface area contributed by atoms with E-state index in [-0.39, 0.29) is 29.1 Å². The molecule has 1 saturated heterocycles. The van der Waals surface area contributed by atoms with E-state index >= 15 is 0 Å². The van der Waals surface area contributed by atoms with Gasteiger partial charge in [0.25, 0.3) is 0 Å². The lowest BCUT2D eigenvalue weighted by atomic mass is 9.98. The Morgan fingerprint density at radius 2 is 2.04 bits per heavy atom. The summed E-state index contributed by atoms with van der Waals surface area (Å²) in [4.78, 5) is 14.5. The Morgan fingerprint density at radius 1 is 1.27 bits per heavy atom. The van der Waals surface area contributed by atoms with Gasteiger partial charge in [0.2, 0.25) is 5.91 Å². The number of phenolic OH excluding ortho intramolecular Hbond substituents is 2. The maximum absolute atomic E-state index is 14.0. The van der Waals surface area contributed by atoms with Crippen LogP contribution in [0.2, 0.25) is 0 Å². The van der Waals surface area contributed by atoms with Crippen molar-refractivity contribution in [1.29, 1.82) is 0 Å². The van der Waals surface area contributed by atoms with Gasteiger partial charge < -0.3 is 19.8 Å². The zero-order chi connectivity index (χ0) is 18.7. The van der Waals surface area contributed by atoms with Crippen molar-refractivity contribution in [3.8, 4) is 11.5 Å². The summed E-state index contributed by atoms with van der Waals surface area (Å²) in [6, 6.07) is 11.0. The average molecular weight is 359 g/mol. The van der Waals surface area contributed by atoms with Crippen molar-refractivity contribution >= 4 is 5.91 Å². The lowest BCUT2D eigenvalue weighted by molar-refractivity contribution is -0.142. The molecule has 0 spiro atoms. The van der Waals surface area contributed by atoms with E-state index in [0.717, 1.165) is 5.56 Å². The molecule has 1 aliphatic heterocycles. The normalized spacial score (nSPS) is 18.5. The molecular formula is C20H22FNO4. The zero-order valence-corrected chi connectivity index (χ0v) is 14.6. The van der Waals surface area contributed by atoms with Gasteiger partial charge in [-0.15, -0.1) is 0 Å². The molecule has 1 amide bonds. The fourth-order valence-corrected chi connectivity index (χ4v) is 3.22. The number of halogens is 1. The van der Waals surface area contributed by atoms with E-state index < -0.39 is 6.10 Å². The second-order valence-corrected chi connectivity index (χ2v) is 6.59. The summed E-state index contributed by atoms with van der Waals surface area (Å²) in [6.07, 6.45) is -0.0344. The number of carbonyl (C=O) groups excluding carboxylic acids is 1. The van der Waals surface area contributed by atoms with Gasteiger partial charge in [-0.25, -0.2) is 4.39 Å². The molecular weight excluding hydrogens is 337 g/mol. The molecule has 0 bridgehead atoms. The quantitative estimate of drug-likeness (QED) is 0.824. The van der Waals surface area contributed by atoms with Crippen LogP contribution in [0, 0.1) is 11.7 Å². The van der Waals surface area contributed by atoms with Crippen LogP contribution in [-0.2, 0) is 16.0 Å². The Morgan fingerprint density at radius 3 is 2.77 bits per heavy atom. The van der Waals surface area contributed by atoms with Crippen molar-refractivity contribution in [3.05, 3.63) is 59.4 Å². The minimum atomic E-state index is -0.473. The molecule has 2 aromatic rings. The number of carbonyl (C=O) groups is 1. The van der Waals surface area contributed by atoms with Crippen molar-refractivity contribution in [2.24, 2.45) is 5.92 Å². The van der Waals surface area contributed by atoms with Crippen LogP contribution < -0.4 is 0 Å². The average Bonchev–Trinajstić information content (AvgIpc) is 2.64. The van der Waals surface area contributed by atoms with E-state index in [2.05, 4.69) is 0 Å². The summed E-state index contributed by atoms with van der Waals surface area (Å²) >= 11 is 0. The predicted molar refractivity (Wildman–Crippen MR) is 94.3 cm³/mol. The Bertz CT molecular complexity index is 795. The molecule has 0 saturated carbocycles. The van der Waals surface area contributed by atoms with E-state index in [4.69, 9.17) is 4.74 Å². The maximum Gasteiger partial charge on any atom is 0.225 e. The monoisotopic (exact) mass is 359 g/mol. The van der Waals surface area contributed by atoms with Gasteiger partial charge in [0.15, 0.2) is 11.5 Å². The maximum atomic E-state index is 14.0. The Kier molecular flexibility index (Phi) is 5.42. The molecule has 2 atom stereocenters. The van der Waals surface area contributed by atoms with Crippen LogP contribution in [0.25, 0.3) is 0 Å². The summed E-state index contributed by atoms with van der Waals surface area (Å²) in [7, 11) is 0. The Hall–Kier alpha value is -2.60. The fourth-order valence-electron chi connectivity index (χ4n) is 3.22. The van der Waals surface area contributed by atoms with Crippen LogP contribution in [0.4, 0.5) is 4.39 Å². The first-order valence-electron chi connectivity index (χ1n) is 8.61. The van der Waals surface area contributed by atoms with Gasteiger partial charge in [-0.2, -0.15) is 0 Å². The van der Waals surface area contributed by atoms with Crippen LogP contribution in [0.1, 0.15) is 24.2 Å². The van der Waals surface area contributed by atoms with Gasteiger partial charge >= 0.3 is 0 Å². The molecule has 2 N–H and O–H groups in total. The minimum absolute atomic E-state index is 0.0396. The van der Waals surface area contributed by atoms with Gasteiger partial charge in [-0.1, -0.05) is 31.2 Å². The number of morpholine rings is 1. The van der Waals surface area contributed by atoms with Crippen molar-refractivity contribution in [1.82, 2.24) is 4.90 Å². The topological polar surface area (TPSA) is 70.0 Å². The summed E-state index contributed by atoms with van der Waals surface area (Å²) in [5, 5.41) is 19.0. The van der Waals surface area contributed by atoms with Gasteiger partial charge in [-0.05, 0) is 30.2 Å². The molecule has 1 heterocycles. The first kappa shape index (κ1) is 18.2. The number of rotatable bonds is 4. The molecule has 0 aromatic heterocycles. The summed E-state index contributed by atoms with van der Waals surface area (Å²) in [5.74, 6) is -1.07. The van der Waals surface area contributed by atoms with E-state index in [1.807, 2.05) is 6.92 Å². The molecule has 0 radical (unpaired) electrons. The number of amides is 1. The second-order valence-electron chi connectivity index (χ2n) is 6.59. The summed E-state index contributed by atoms with van der Waals surface area (Å²) in [6.45, 7) is 2.96. The lowest BCUT2D eigenvalue weighted by Crippen LogP contribution is -2.45. The highest BCUT2D eigenvalue weighted by Crippen LogP contribution is 2.28. The molecule has 26 heavy (non-hydrogen) atoms. The molecule has 0 aliphatic carbocycles. The smallest absolute Gasteiger partial charge is 0.225 e. The number of hydrogen-bond acceptors (Lipinski definition) is 4. The molecule has 2 aromatic carbocycles. The third kappa shape index (κ3) is 3.96. The highest BCUT2D eigenvalue weighted by Gasteiger charge is 2.29. The van der Waals surface area contributed by atoms with Crippen molar-refractivity contribution in [2.75, 3.05) is 19.7 Å². The third-order valence-corrected chi connectivity index (χ3v) is 4.63. The molecule has 1 fully saturated rings. The largest absolute Gasteiger partial charge is 0.504 e. The van der Waals surface area contributed by atoms with Crippen LogP contribution in [0.5, 0.6) is 11.5 Å². The number of benzene rings is 2. The molecule has 6 heteroatoms. The van der Waals surface area contributed by atoms with Gasteiger partial charge in [0, 0.05) is 18.0 Å². The fraction of sp³-hybridized carbons (Fsp3) is 0.350. The molecule has 3 rings (SSSR count). The van der Waals surface area contributed by atoms with Gasteiger partial charge in [-0.3, -0.25) is 4.79 Å². The standard InChI is InChI=1S/C20H22FNO4/c1-13(10-14-6-7-17(23)18(24)11-14)20(25)22-8-9-26-19(12-22)15-4-2-3-5-16(15)21/h2-7,11,13,19,23-24H,8-10,12H2,1H3/t13-,19-/m0/s1. The van der Waals surface area contributed by atoms with E-state index in [1.165, 1.54) is 18.2 Å². The number of phenols is 2. The van der Waals surface area contributed by atoms with Gasteiger partial charge in [0.1, 0.15) is 11.9 Å². The highest BCUT2D eigenvalue weighted by molar-refractivity contribution is 5.79. The van der Waals surface area contributed by atoms with Crippen LogP contribution in [0.3, 0.4) is 0 Å². The second kappa shape index (κ2) is 7.74. The van der Waals surface area contributed by atoms with E-state index in [1.54, 1.807) is 29.2 Å². The highest BCUT2D eigenvalue weighted by atomic mass is 19.1. The molecule has 1 aliphatic rings. The Balaban J connectivity index is 1.66. The van der Waals surface area contributed by atoms with Crippen molar-refractivity contribution in [2.45, 2.75) is 19.4 Å². The van der Waals surface area contributed by atoms with Gasteiger partial charge in [0.05, 0.1) is 13.2 Å². The van der Waals surface area contributed by atoms with Crippen LogP contribution >= 0.6 is 0 Å². The van der Waals surface area contributed by atoms with E-state index in [9.17, 15) is 19.4 Å². The summed E-state index contributed by atoms with van der Waals surface area (Å²) < 4.78 is 19.6. The number of ether oxygens (including phenoxy) is 1. The zero-order valence-electron chi connectivity index (χ0n) is 14.6. The first-order valence-corrected chi connectivity index (χ1v) is 8.61. The SMILES string of the molecule is C[C@@H](Cc1ccc(O)c(O)c1)C(=O)N1CCO[C@H](c2ccccc2F)C1. The number of nitrogens with zero attached hydrogens (tertiary/aromatic N) is 1. The van der Waals surface area contributed by atoms with Crippen molar-refractivity contribution in [3.63, 3.8) is 0 Å². The minimum Gasteiger partial charge on any atom is -0.504 e. The molecule has 5 nitrogen and oxygen atoms in total. The van der Waals surface area contributed by atoms with Crippen molar-refractivity contribution < 1.29 is 24.1 Å². The first-order chi connectivity index (χ1) is 12.5. The van der Waals surface area contributed by atoms with Crippen LogP contribution in [-0.4, -0.2) is 40.7 Å². The predicted octanol–water partition coefficient (Wildman–Crippen LogP) is 3.02. The Labute approximate surface area is 151 Å².